The highest BCUT2D eigenvalue weighted by Crippen LogP contribution is 2.22. The number of cyclic esters (lactones) is 1. The first-order chi connectivity index (χ1) is 25.6. The fourth-order valence-electron chi connectivity index (χ4n) is 6.42. The third kappa shape index (κ3) is 17.5. The van der Waals surface area contributed by atoms with Crippen molar-refractivity contribution in [2.45, 2.75) is 155 Å². The summed E-state index contributed by atoms with van der Waals surface area (Å²) in [5, 5.41) is 20.7. The van der Waals surface area contributed by atoms with Crippen LogP contribution in [0.4, 0.5) is 0 Å². The van der Waals surface area contributed by atoms with E-state index in [1.54, 1.807) is 20.9 Å². The van der Waals surface area contributed by atoms with Crippen molar-refractivity contribution in [2.24, 2.45) is 29.2 Å². The van der Waals surface area contributed by atoms with E-state index in [4.69, 9.17) is 21.6 Å². The molecule has 16 nitrogen and oxygen atoms in total. The second-order valence-corrected chi connectivity index (χ2v) is 15.1. The van der Waals surface area contributed by atoms with E-state index >= 15 is 0 Å². The Morgan fingerprint density at radius 1 is 0.852 bits per heavy atom. The average molecular weight is 766 g/mol. The number of carbonyl (C=O) groups is 6. The van der Waals surface area contributed by atoms with Crippen molar-refractivity contribution >= 4 is 41.5 Å². The molecule has 5 amide bonds. The van der Waals surface area contributed by atoms with Crippen LogP contribution in [-0.2, 0) is 33.5 Å². The van der Waals surface area contributed by atoms with Gasteiger partial charge >= 0.3 is 5.97 Å². The van der Waals surface area contributed by atoms with E-state index in [2.05, 4.69) is 33.5 Å². The molecule has 0 aromatic carbocycles. The highest BCUT2D eigenvalue weighted by atomic mass is 16.5. The number of hydrogen-bond acceptors (Lipinski definition) is 9. The van der Waals surface area contributed by atoms with Crippen LogP contribution in [0.15, 0.2) is 0 Å². The summed E-state index contributed by atoms with van der Waals surface area (Å²) >= 11 is 0. The molecule has 0 saturated carbocycles. The van der Waals surface area contributed by atoms with Gasteiger partial charge in [-0.15, -0.1) is 0 Å². The number of likely N-dealkylation sites (N-methyl/N-ethyl adjacent to an activating group) is 1. The van der Waals surface area contributed by atoms with Crippen LogP contribution in [0.2, 0.25) is 0 Å². The van der Waals surface area contributed by atoms with Crippen molar-refractivity contribution in [3.63, 3.8) is 0 Å². The molecule has 1 rings (SSSR count). The molecule has 1 heterocycles. The van der Waals surface area contributed by atoms with Crippen LogP contribution in [0.1, 0.15) is 125 Å². The molecular formula is C38H71N9O7. The van der Waals surface area contributed by atoms with Crippen LogP contribution in [0.25, 0.3) is 0 Å². The number of carbonyl (C=O) groups excluding carboxylic acids is 6. The molecule has 16 heteroatoms. The zero-order valence-corrected chi connectivity index (χ0v) is 33.9. The lowest BCUT2D eigenvalue weighted by atomic mass is 9.94. The molecule has 0 spiro atoms. The molecule has 10 N–H and O–H groups in total. The van der Waals surface area contributed by atoms with Crippen molar-refractivity contribution in [2.75, 3.05) is 26.7 Å². The Labute approximate surface area is 322 Å². The number of ether oxygens (including phenoxy) is 1. The van der Waals surface area contributed by atoms with Crippen LogP contribution in [0.5, 0.6) is 0 Å². The summed E-state index contributed by atoms with van der Waals surface area (Å²) in [5.41, 5.74) is 11.3. The number of guanidine groups is 1. The minimum absolute atomic E-state index is 0.00913. The van der Waals surface area contributed by atoms with Crippen molar-refractivity contribution in [3.8, 4) is 0 Å². The quantitative estimate of drug-likeness (QED) is 0.0435. The summed E-state index contributed by atoms with van der Waals surface area (Å²) in [6.07, 6.45) is 9.28. The lowest BCUT2D eigenvalue weighted by Crippen LogP contribution is -2.61. The lowest BCUT2D eigenvalue weighted by molar-refractivity contribution is -0.157. The van der Waals surface area contributed by atoms with Crippen molar-refractivity contribution in [1.29, 1.82) is 5.41 Å². The van der Waals surface area contributed by atoms with E-state index in [0.29, 0.717) is 32.1 Å². The maximum absolute atomic E-state index is 14.1. The van der Waals surface area contributed by atoms with E-state index in [9.17, 15) is 28.8 Å². The summed E-state index contributed by atoms with van der Waals surface area (Å²) < 4.78 is 5.88. The Hall–Kier alpha value is -3.95. The second-order valence-electron chi connectivity index (χ2n) is 15.1. The molecule has 0 unspecified atom stereocenters. The van der Waals surface area contributed by atoms with Gasteiger partial charge in [-0.05, 0) is 43.9 Å². The average Bonchev–Trinajstić information content (AvgIpc) is 3.13. The SMILES string of the molecule is CCCCCCCCCC[C@H]1OC(=O)CNC(=O)[C@H](CCCNC(=N)N)NC(=O)[C@H](CN)NC(=O)[C@H]([C@@H](C)CC)NC(=O)[C@H](CC(C)C)N(C)C(=O)[C@@H]1C. The van der Waals surface area contributed by atoms with Gasteiger partial charge in [0, 0.05) is 20.1 Å². The van der Waals surface area contributed by atoms with Crippen LogP contribution in [0, 0.1) is 23.2 Å². The number of rotatable bonds is 18. The first-order valence-electron chi connectivity index (χ1n) is 20.0. The Kier molecular flexibility index (Phi) is 23.1. The minimum atomic E-state index is -1.26. The first kappa shape index (κ1) is 48.1. The van der Waals surface area contributed by atoms with Crippen LogP contribution in [-0.4, -0.2) is 103 Å². The summed E-state index contributed by atoms with van der Waals surface area (Å²) in [6, 6.07) is -4.40. The van der Waals surface area contributed by atoms with Gasteiger partial charge < -0.3 is 47.7 Å². The Morgan fingerprint density at radius 3 is 2.04 bits per heavy atom. The molecule has 1 aliphatic rings. The standard InChI is InChI=1S/C38H71N9O7/c1-8-10-11-12-13-14-15-16-19-30-26(6)37(53)47(7)29(21-24(3)4)35(51)46-32(25(5)9-2)36(52)45-28(22-39)34(50)44-27(18-17-20-42-38(40)41)33(49)43-23-31(48)54-30/h24-30,32H,8-23,39H2,1-7H3,(H,43,49)(H,44,50)(H,45,52)(H,46,51)(H4,40,41,42)/t25-,26+,27-,28-,29-,30+,32-/m0/s1. The van der Waals surface area contributed by atoms with Gasteiger partial charge in [-0.25, -0.2) is 0 Å². The molecular weight excluding hydrogens is 694 g/mol. The molecule has 54 heavy (non-hydrogen) atoms. The summed E-state index contributed by atoms with van der Waals surface area (Å²) in [7, 11) is 1.54. The van der Waals surface area contributed by atoms with Crippen molar-refractivity contribution in [3.05, 3.63) is 0 Å². The van der Waals surface area contributed by atoms with Crippen LogP contribution in [0.3, 0.4) is 0 Å². The second kappa shape index (κ2) is 26.0. The van der Waals surface area contributed by atoms with Gasteiger partial charge in [0.25, 0.3) is 0 Å². The van der Waals surface area contributed by atoms with Gasteiger partial charge in [-0.3, -0.25) is 34.2 Å². The van der Waals surface area contributed by atoms with Gasteiger partial charge in [-0.1, -0.05) is 92.9 Å². The van der Waals surface area contributed by atoms with E-state index in [1.165, 1.54) is 24.2 Å². The molecule has 1 saturated heterocycles. The van der Waals surface area contributed by atoms with Gasteiger partial charge in [0.15, 0.2) is 5.96 Å². The molecule has 0 aliphatic carbocycles. The highest BCUT2D eigenvalue weighted by Gasteiger charge is 2.38. The maximum atomic E-state index is 14.1. The van der Waals surface area contributed by atoms with E-state index in [0.717, 1.165) is 25.7 Å². The van der Waals surface area contributed by atoms with Gasteiger partial charge in [0.1, 0.15) is 36.8 Å². The Bertz CT molecular complexity index is 1220. The smallest absolute Gasteiger partial charge is 0.325 e. The molecule has 1 aliphatic heterocycles. The fraction of sp³-hybridized carbons (Fsp3) is 0.816. The third-order valence-electron chi connectivity index (χ3n) is 10.1. The number of unbranched alkanes of at least 4 members (excludes halogenated alkanes) is 7. The molecule has 0 aromatic heterocycles. The van der Waals surface area contributed by atoms with Crippen molar-refractivity contribution in [1.82, 2.24) is 31.5 Å². The predicted octanol–water partition coefficient (Wildman–Crippen LogP) is 1.79. The normalized spacial score (nSPS) is 24.6. The largest absolute Gasteiger partial charge is 0.460 e. The Morgan fingerprint density at radius 2 is 1.46 bits per heavy atom. The number of nitrogens with one attached hydrogen (secondary N) is 6. The molecule has 7 atom stereocenters. The van der Waals surface area contributed by atoms with E-state index in [1.807, 2.05) is 20.8 Å². The molecule has 0 aromatic rings. The maximum Gasteiger partial charge on any atom is 0.325 e. The fourth-order valence-corrected chi connectivity index (χ4v) is 6.42. The van der Waals surface area contributed by atoms with Gasteiger partial charge in [-0.2, -0.15) is 0 Å². The van der Waals surface area contributed by atoms with Gasteiger partial charge in [0.05, 0.1) is 5.92 Å². The third-order valence-corrected chi connectivity index (χ3v) is 10.1. The topological polar surface area (TPSA) is 251 Å². The predicted molar refractivity (Wildman–Crippen MR) is 209 cm³/mol. The zero-order chi connectivity index (χ0) is 40.8. The van der Waals surface area contributed by atoms with E-state index < -0.39 is 78.2 Å². The molecule has 1 fully saturated rings. The number of esters is 1. The molecule has 0 bridgehead atoms. The number of hydrogen-bond donors (Lipinski definition) is 8. The lowest BCUT2D eigenvalue weighted by Gasteiger charge is -2.34. The number of nitrogens with zero attached hydrogens (tertiary/aromatic N) is 1. The van der Waals surface area contributed by atoms with Crippen molar-refractivity contribution < 1.29 is 33.5 Å². The highest BCUT2D eigenvalue weighted by molar-refractivity contribution is 5.96. The molecule has 0 radical (unpaired) electrons. The number of amides is 5. The van der Waals surface area contributed by atoms with E-state index in [-0.39, 0.29) is 37.3 Å². The van der Waals surface area contributed by atoms with Gasteiger partial charge in [0.2, 0.25) is 29.5 Å². The summed E-state index contributed by atoms with van der Waals surface area (Å²) in [5.74, 6) is -5.13. The monoisotopic (exact) mass is 766 g/mol. The first-order valence-corrected chi connectivity index (χ1v) is 20.0. The zero-order valence-electron chi connectivity index (χ0n) is 33.9. The van der Waals surface area contributed by atoms with Crippen LogP contribution < -0.4 is 38.1 Å². The molecule has 310 valence electrons. The summed E-state index contributed by atoms with van der Waals surface area (Å²) in [6.45, 7) is 10.8. The van der Waals surface area contributed by atoms with Crippen LogP contribution >= 0.6 is 0 Å². The Balaban J connectivity index is 3.53. The number of nitrogens with two attached hydrogens (primary N) is 2. The summed E-state index contributed by atoms with van der Waals surface area (Å²) in [4.78, 5) is 83.4. The minimum Gasteiger partial charge on any atom is -0.460 e.